The molecule has 5 N–H and O–H groups in total. The molecule has 0 aliphatic carbocycles. The zero-order chi connectivity index (χ0) is 12.1. The summed E-state index contributed by atoms with van der Waals surface area (Å²) in [5.41, 5.74) is 5.03. The summed E-state index contributed by atoms with van der Waals surface area (Å²) in [6.45, 7) is -0.174. The Bertz CT molecular complexity index is 434. The van der Waals surface area contributed by atoms with Crippen LogP contribution in [-0.4, -0.2) is 28.6 Å². The van der Waals surface area contributed by atoms with Crippen molar-refractivity contribution < 1.29 is 19.5 Å². The molecule has 6 nitrogen and oxygen atoms in total. The van der Waals surface area contributed by atoms with Crippen molar-refractivity contribution in [2.75, 3.05) is 6.54 Å². The molecule has 0 heterocycles. The number of nitrogens with two attached hydrogens (primary N) is 1. The van der Waals surface area contributed by atoms with Crippen molar-refractivity contribution in [2.24, 2.45) is 10.9 Å². The van der Waals surface area contributed by atoms with E-state index in [-0.39, 0.29) is 17.9 Å². The van der Waals surface area contributed by atoms with Crippen molar-refractivity contribution in [3.8, 4) is 5.75 Å². The van der Waals surface area contributed by atoms with Crippen molar-refractivity contribution in [1.29, 1.82) is 0 Å². The Morgan fingerprint density at radius 1 is 1.56 bits per heavy atom. The van der Waals surface area contributed by atoms with Gasteiger partial charge in [-0.15, -0.1) is 0 Å². The minimum atomic E-state index is -0.649. The molecule has 0 aliphatic rings. The van der Waals surface area contributed by atoms with Gasteiger partial charge in [0.2, 0.25) is 0 Å². The van der Waals surface area contributed by atoms with E-state index >= 15 is 0 Å². The number of aromatic hydroxyl groups is 1. The molecule has 86 valence electrons. The molecule has 0 radical (unpaired) electrons. The number of oxime groups is 1. The van der Waals surface area contributed by atoms with Crippen LogP contribution in [0, 0.1) is 5.82 Å². The Hall–Kier alpha value is -2.31. The predicted octanol–water partition coefficient (Wildman–Crippen LogP) is 0.00750. The van der Waals surface area contributed by atoms with Crippen LogP contribution in [0.3, 0.4) is 0 Å². The number of amidine groups is 1. The first-order valence-corrected chi connectivity index (χ1v) is 4.27. The largest absolute Gasteiger partial charge is 0.507 e. The van der Waals surface area contributed by atoms with Gasteiger partial charge in [-0.3, -0.25) is 4.79 Å². The molecule has 1 rings (SSSR count). The smallest absolute Gasteiger partial charge is 0.255 e. The average Bonchev–Trinajstić information content (AvgIpc) is 2.25. The molecule has 1 amide bonds. The Morgan fingerprint density at radius 3 is 2.81 bits per heavy atom. The molecule has 0 aromatic heterocycles. The zero-order valence-electron chi connectivity index (χ0n) is 8.14. The predicted molar refractivity (Wildman–Crippen MR) is 53.8 cm³/mol. The highest BCUT2D eigenvalue weighted by Gasteiger charge is 2.11. The molecule has 0 aliphatic heterocycles. The number of halogens is 1. The number of nitrogens with one attached hydrogen (secondary N) is 1. The molecule has 1 aromatic carbocycles. The van der Waals surface area contributed by atoms with Crippen LogP contribution < -0.4 is 11.1 Å². The number of carbonyl (C=O) groups excluding carboxylic acids is 1. The first kappa shape index (κ1) is 11.8. The molecule has 0 bridgehead atoms. The highest BCUT2D eigenvalue weighted by Crippen LogP contribution is 2.17. The first-order valence-electron chi connectivity index (χ1n) is 4.27. The lowest BCUT2D eigenvalue weighted by molar-refractivity contribution is 0.0956. The molecule has 1 aromatic rings. The van der Waals surface area contributed by atoms with Crippen LogP contribution in [0.15, 0.2) is 23.4 Å². The maximum atomic E-state index is 12.6. The van der Waals surface area contributed by atoms with Gasteiger partial charge in [0.25, 0.3) is 5.91 Å². The summed E-state index contributed by atoms with van der Waals surface area (Å²) < 4.78 is 12.6. The van der Waals surface area contributed by atoms with Gasteiger partial charge < -0.3 is 21.4 Å². The number of phenolic OH excluding ortho intramolecular Hbond substituents is 1. The van der Waals surface area contributed by atoms with Crippen molar-refractivity contribution in [3.63, 3.8) is 0 Å². The summed E-state index contributed by atoms with van der Waals surface area (Å²) in [5.74, 6) is -1.96. The van der Waals surface area contributed by atoms with Gasteiger partial charge in [-0.25, -0.2) is 4.39 Å². The van der Waals surface area contributed by atoms with Gasteiger partial charge in [-0.05, 0) is 12.1 Å². The Morgan fingerprint density at radius 2 is 2.25 bits per heavy atom. The lowest BCUT2D eigenvalue weighted by Gasteiger charge is -2.05. The summed E-state index contributed by atoms with van der Waals surface area (Å²) in [7, 11) is 0. The van der Waals surface area contributed by atoms with Crippen LogP contribution in [0.4, 0.5) is 4.39 Å². The molecule has 7 heteroatoms. The van der Waals surface area contributed by atoms with Gasteiger partial charge in [0.1, 0.15) is 11.6 Å². The van der Waals surface area contributed by atoms with Crippen molar-refractivity contribution in [3.05, 3.63) is 29.6 Å². The van der Waals surface area contributed by atoms with Gasteiger partial charge in [-0.2, -0.15) is 0 Å². The summed E-state index contributed by atoms with van der Waals surface area (Å²) in [6.07, 6.45) is 0. The molecule has 0 atom stereocenters. The standard InChI is InChI=1S/C9H10FN3O3/c10-5-1-2-6(7(14)3-5)9(15)12-4-8(11)13-16/h1-3,14,16H,4H2,(H2,11,13)(H,12,15). The summed E-state index contributed by atoms with van der Waals surface area (Å²) in [5, 5.41) is 22.4. The number of benzene rings is 1. The van der Waals surface area contributed by atoms with E-state index in [1.165, 1.54) is 0 Å². The molecule has 0 spiro atoms. The number of hydrogen-bond donors (Lipinski definition) is 4. The normalized spacial score (nSPS) is 11.2. The van der Waals surface area contributed by atoms with Crippen molar-refractivity contribution in [2.45, 2.75) is 0 Å². The highest BCUT2D eigenvalue weighted by molar-refractivity contribution is 5.98. The summed E-state index contributed by atoms with van der Waals surface area (Å²) >= 11 is 0. The second-order valence-electron chi connectivity index (χ2n) is 2.94. The SMILES string of the molecule is N/C(CNC(=O)c1ccc(F)cc1O)=N/O. The third kappa shape index (κ3) is 2.84. The average molecular weight is 227 g/mol. The maximum absolute atomic E-state index is 12.6. The Kier molecular flexibility index (Phi) is 3.65. The van der Waals surface area contributed by atoms with E-state index in [9.17, 15) is 14.3 Å². The van der Waals surface area contributed by atoms with Gasteiger partial charge in [0.15, 0.2) is 5.84 Å². The third-order valence-corrected chi connectivity index (χ3v) is 1.76. The molecular formula is C9H10FN3O3. The van der Waals surface area contributed by atoms with E-state index in [4.69, 9.17) is 10.9 Å². The van der Waals surface area contributed by atoms with Crippen molar-refractivity contribution >= 4 is 11.7 Å². The van der Waals surface area contributed by atoms with Gasteiger partial charge in [0.05, 0.1) is 12.1 Å². The van der Waals surface area contributed by atoms with Crippen LogP contribution in [0.1, 0.15) is 10.4 Å². The van der Waals surface area contributed by atoms with E-state index in [0.29, 0.717) is 0 Å². The highest BCUT2D eigenvalue weighted by atomic mass is 19.1. The summed E-state index contributed by atoms with van der Waals surface area (Å²) in [4.78, 5) is 11.4. The number of carbonyl (C=O) groups is 1. The summed E-state index contributed by atoms with van der Waals surface area (Å²) in [6, 6.07) is 2.99. The van der Waals surface area contributed by atoms with Crippen LogP contribution in [0.25, 0.3) is 0 Å². The molecular weight excluding hydrogens is 217 g/mol. The second kappa shape index (κ2) is 4.96. The number of nitrogens with zero attached hydrogens (tertiary/aromatic N) is 1. The van der Waals surface area contributed by atoms with E-state index in [1.54, 1.807) is 0 Å². The number of phenols is 1. The fraction of sp³-hybridized carbons (Fsp3) is 0.111. The monoisotopic (exact) mass is 227 g/mol. The van der Waals surface area contributed by atoms with Crippen LogP contribution in [0.2, 0.25) is 0 Å². The van der Waals surface area contributed by atoms with Gasteiger partial charge in [-0.1, -0.05) is 5.16 Å². The number of amides is 1. The van der Waals surface area contributed by atoms with E-state index in [1.807, 2.05) is 0 Å². The van der Waals surface area contributed by atoms with Crippen LogP contribution in [0.5, 0.6) is 5.75 Å². The van der Waals surface area contributed by atoms with E-state index in [0.717, 1.165) is 18.2 Å². The van der Waals surface area contributed by atoms with E-state index in [2.05, 4.69) is 10.5 Å². The molecule has 0 fully saturated rings. The first-order chi connectivity index (χ1) is 7.54. The minimum absolute atomic E-state index is 0.0906. The molecule has 0 saturated carbocycles. The van der Waals surface area contributed by atoms with Crippen LogP contribution >= 0.6 is 0 Å². The van der Waals surface area contributed by atoms with E-state index < -0.39 is 17.5 Å². The lowest BCUT2D eigenvalue weighted by atomic mass is 10.2. The maximum Gasteiger partial charge on any atom is 0.255 e. The zero-order valence-corrected chi connectivity index (χ0v) is 8.14. The quantitative estimate of drug-likeness (QED) is 0.252. The van der Waals surface area contributed by atoms with Gasteiger partial charge in [0, 0.05) is 6.07 Å². The van der Waals surface area contributed by atoms with Gasteiger partial charge >= 0.3 is 0 Å². The molecule has 0 saturated heterocycles. The molecule has 16 heavy (non-hydrogen) atoms. The fourth-order valence-electron chi connectivity index (χ4n) is 0.998. The second-order valence-corrected chi connectivity index (χ2v) is 2.94. The fourth-order valence-corrected chi connectivity index (χ4v) is 0.998. The van der Waals surface area contributed by atoms with Crippen LogP contribution in [-0.2, 0) is 0 Å². The van der Waals surface area contributed by atoms with Crippen molar-refractivity contribution in [1.82, 2.24) is 5.32 Å². The molecule has 0 unspecified atom stereocenters. The third-order valence-electron chi connectivity index (χ3n) is 1.76. The number of rotatable bonds is 3. The minimum Gasteiger partial charge on any atom is -0.507 e. The topological polar surface area (TPSA) is 108 Å². The Balaban J connectivity index is 2.74. The Labute approximate surface area is 90.2 Å². The lowest BCUT2D eigenvalue weighted by Crippen LogP contribution is -2.33. The number of hydrogen-bond acceptors (Lipinski definition) is 4.